The minimum absolute atomic E-state index is 0.0214. The lowest BCUT2D eigenvalue weighted by atomic mass is 10.1. The van der Waals surface area contributed by atoms with Crippen LogP contribution < -0.4 is 16.4 Å². The molecule has 3 aromatic rings. The van der Waals surface area contributed by atoms with E-state index in [1.807, 2.05) is 26.8 Å². The number of anilines is 2. The standard InChI is InChI=1S/C32H32ClF3N4O4S/c1-31(2,3)44-28(41)13-15-45-19-20-6-4-7-21(16-20)29(42)39-26-11-10-23(33)18-25(26)30(43)40-27(37)12-14-38-24-9-5-8-22(17-24)32(34,35)36/h4-12,14,16-18,38H,13,15,19H2,1-3H3,(H,39,42)(H2,37,40,43)/b14-12-. The van der Waals surface area contributed by atoms with Crippen LogP contribution in [0.3, 0.4) is 0 Å². The summed E-state index contributed by atoms with van der Waals surface area (Å²) in [5.41, 5.74) is 5.97. The maximum atomic E-state index is 13.1. The number of hydrogen-bond donors (Lipinski definition) is 3. The Morgan fingerprint density at radius 2 is 1.76 bits per heavy atom. The Balaban J connectivity index is 1.64. The van der Waals surface area contributed by atoms with Crippen molar-refractivity contribution >= 4 is 58.4 Å². The smallest absolute Gasteiger partial charge is 0.416 e. The van der Waals surface area contributed by atoms with Crippen molar-refractivity contribution in [2.75, 3.05) is 16.4 Å². The van der Waals surface area contributed by atoms with Gasteiger partial charge in [-0.3, -0.25) is 14.4 Å². The van der Waals surface area contributed by atoms with Crippen molar-refractivity contribution < 1.29 is 32.3 Å². The summed E-state index contributed by atoms with van der Waals surface area (Å²) in [4.78, 5) is 41.8. The van der Waals surface area contributed by atoms with E-state index in [-0.39, 0.29) is 40.2 Å². The number of halogens is 4. The van der Waals surface area contributed by atoms with Crippen LogP contribution in [0.2, 0.25) is 5.02 Å². The van der Waals surface area contributed by atoms with Crippen molar-refractivity contribution in [3.63, 3.8) is 0 Å². The van der Waals surface area contributed by atoms with Gasteiger partial charge in [-0.1, -0.05) is 29.8 Å². The molecule has 45 heavy (non-hydrogen) atoms. The summed E-state index contributed by atoms with van der Waals surface area (Å²) in [6, 6.07) is 15.8. The first-order chi connectivity index (χ1) is 21.1. The average molecular weight is 661 g/mol. The molecule has 0 radical (unpaired) electrons. The molecule has 0 aliphatic carbocycles. The van der Waals surface area contributed by atoms with E-state index >= 15 is 0 Å². The molecule has 0 saturated heterocycles. The molecule has 0 aliphatic heterocycles. The van der Waals surface area contributed by atoms with Crippen LogP contribution >= 0.6 is 23.4 Å². The molecule has 0 aliphatic rings. The molecule has 0 atom stereocenters. The molecule has 4 N–H and O–H groups in total. The van der Waals surface area contributed by atoms with Crippen molar-refractivity contribution in [2.24, 2.45) is 10.7 Å². The Morgan fingerprint density at radius 3 is 2.47 bits per heavy atom. The SMILES string of the molecule is CC(C)(C)OC(=O)CCSCc1cccc(C(=O)Nc2ccc(Cl)cc2C(=O)N=C(N)/C=C\Nc2cccc(C(F)(F)F)c2)c1. The van der Waals surface area contributed by atoms with E-state index in [2.05, 4.69) is 15.6 Å². The van der Waals surface area contributed by atoms with Crippen molar-refractivity contribution in [3.8, 4) is 0 Å². The molecule has 0 saturated carbocycles. The summed E-state index contributed by atoms with van der Waals surface area (Å²) < 4.78 is 44.1. The maximum absolute atomic E-state index is 13.1. The Kier molecular flexibility index (Phi) is 12.2. The van der Waals surface area contributed by atoms with Gasteiger partial charge < -0.3 is 21.1 Å². The van der Waals surface area contributed by atoms with Gasteiger partial charge >= 0.3 is 12.1 Å². The molecule has 0 aromatic heterocycles. The van der Waals surface area contributed by atoms with Gasteiger partial charge in [-0.2, -0.15) is 29.9 Å². The molecule has 0 fully saturated rings. The van der Waals surface area contributed by atoms with Crippen LogP contribution in [-0.2, 0) is 21.5 Å². The summed E-state index contributed by atoms with van der Waals surface area (Å²) in [6.07, 6.45) is -1.78. The van der Waals surface area contributed by atoms with Gasteiger partial charge in [-0.05, 0) is 80.9 Å². The molecule has 0 heterocycles. The number of alkyl halides is 3. The quantitative estimate of drug-likeness (QED) is 0.0834. The summed E-state index contributed by atoms with van der Waals surface area (Å²) >= 11 is 7.63. The number of esters is 1. The number of carbonyl (C=O) groups excluding carboxylic acids is 3. The highest BCUT2D eigenvalue weighted by Crippen LogP contribution is 2.30. The van der Waals surface area contributed by atoms with Crippen LogP contribution in [0.4, 0.5) is 24.5 Å². The monoisotopic (exact) mass is 660 g/mol. The van der Waals surface area contributed by atoms with E-state index in [0.717, 1.165) is 17.7 Å². The number of nitrogens with two attached hydrogens (primary N) is 1. The Labute approximate surface area is 268 Å². The van der Waals surface area contributed by atoms with Gasteiger partial charge in [0.05, 0.1) is 23.2 Å². The fourth-order valence-electron chi connectivity index (χ4n) is 3.76. The third kappa shape index (κ3) is 12.0. The predicted molar refractivity (Wildman–Crippen MR) is 173 cm³/mol. The lowest BCUT2D eigenvalue weighted by Gasteiger charge is -2.19. The number of amidine groups is 1. The summed E-state index contributed by atoms with van der Waals surface area (Å²) in [6.45, 7) is 5.44. The van der Waals surface area contributed by atoms with E-state index < -0.39 is 29.2 Å². The van der Waals surface area contributed by atoms with Crippen molar-refractivity contribution in [1.82, 2.24) is 0 Å². The molecule has 13 heteroatoms. The highest BCUT2D eigenvalue weighted by Gasteiger charge is 2.30. The third-order valence-corrected chi connectivity index (χ3v) is 6.98. The van der Waals surface area contributed by atoms with Gasteiger partial charge in [0.15, 0.2) is 0 Å². The number of hydrogen-bond acceptors (Lipinski definition) is 6. The summed E-state index contributed by atoms with van der Waals surface area (Å²) in [5.74, 6) is -0.669. The van der Waals surface area contributed by atoms with E-state index in [0.29, 0.717) is 17.1 Å². The normalized spacial score (nSPS) is 12.2. The first kappa shape index (κ1) is 35.2. The topological polar surface area (TPSA) is 123 Å². The van der Waals surface area contributed by atoms with Gasteiger partial charge in [0, 0.05) is 34.0 Å². The summed E-state index contributed by atoms with van der Waals surface area (Å²) in [7, 11) is 0. The van der Waals surface area contributed by atoms with Crippen molar-refractivity contribution in [1.29, 1.82) is 0 Å². The highest BCUT2D eigenvalue weighted by molar-refractivity contribution is 7.98. The molecule has 0 bridgehead atoms. The number of nitrogens with one attached hydrogen (secondary N) is 2. The molecule has 3 rings (SSSR count). The van der Waals surface area contributed by atoms with Crippen LogP contribution in [0, 0.1) is 0 Å². The molecule has 238 valence electrons. The minimum Gasteiger partial charge on any atom is -0.460 e. The van der Waals surface area contributed by atoms with E-state index in [1.165, 1.54) is 54.4 Å². The molecule has 0 spiro atoms. The van der Waals surface area contributed by atoms with Crippen molar-refractivity contribution in [2.45, 2.75) is 44.7 Å². The predicted octanol–water partition coefficient (Wildman–Crippen LogP) is 7.70. The number of amides is 2. The fourth-order valence-corrected chi connectivity index (χ4v) is 4.80. The number of thioether (sulfide) groups is 1. The van der Waals surface area contributed by atoms with Gasteiger partial charge in [-0.15, -0.1) is 0 Å². The molecular formula is C32H32ClF3N4O4S. The first-order valence-corrected chi connectivity index (χ1v) is 15.1. The van der Waals surface area contributed by atoms with Crippen LogP contribution in [0.5, 0.6) is 0 Å². The number of ether oxygens (including phenoxy) is 1. The van der Waals surface area contributed by atoms with Crippen LogP contribution in [0.15, 0.2) is 84.0 Å². The van der Waals surface area contributed by atoms with Crippen molar-refractivity contribution in [3.05, 3.63) is 106 Å². The Morgan fingerprint density at radius 1 is 1.02 bits per heavy atom. The number of carbonyl (C=O) groups is 3. The second-order valence-corrected chi connectivity index (χ2v) is 12.2. The molecule has 8 nitrogen and oxygen atoms in total. The van der Waals surface area contributed by atoms with Crippen LogP contribution in [0.1, 0.15) is 59.0 Å². The second kappa shape index (κ2) is 15.6. The van der Waals surface area contributed by atoms with Crippen LogP contribution in [0.25, 0.3) is 0 Å². The molecular weight excluding hydrogens is 629 g/mol. The highest BCUT2D eigenvalue weighted by atomic mass is 35.5. The van der Waals surface area contributed by atoms with Gasteiger partial charge in [0.2, 0.25) is 0 Å². The lowest BCUT2D eigenvalue weighted by Crippen LogP contribution is -2.24. The van der Waals surface area contributed by atoms with E-state index in [1.54, 1.807) is 18.2 Å². The Hall–Kier alpha value is -4.29. The molecule has 0 unspecified atom stereocenters. The maximum Gasteiger partial charge on any atom is 0.416 e. The lowest BCUT2D eigenvalue weighted by molar-refractivity contribution is -0.154. The number of benzene rings is 3. The van der Waals surface area contributed by atoms with Gasteiger partial charge in [0.1, 0.15) is 11.4 Å². The second-order valence-electron chi connectivity index (χ2n) is 10.6. The number of rotatable bonds is 11. The van der Waals surface area contributed by atoms with E-state index in [4.69, 9.17) is 22.1 Å². The number of nitrogens with zero attached hydrogens (tertiary/aromatic N) is 1. The number of aliphatic imine (C=N–C) groups is 1. The van der Waals surface area contributed by atoms with E-state index in [9.17, 15) is 27.6 Å². The third-order valence-electron chi connectivity index (χ3n) is 5.71. The average Bonchev–Trinajstić information content (AvgIpc) is 2.95. The largest absolute Gasteiger partial charge is 0.460 e. The first-order valence-electron chi connectivity index (χ1n) is 13.6. The minimum atomic E-state index is -4.50. The summed E-state index contributed by atoms with van der Waals surface area (Å²) in [5, 5.41) is 5.57. The zero-order valence-electron chi connectivity index (χ0n) is 24.7. The molecule has 3 aromatic carbocycles. The zero-order chi connectivity index (χ0) is 33.2. The van der Waals surface area contributed by atoms with Gasteiger partial charge in [0.25, 0.3) is 11.8 Å². The zero-order valence-corrected chi connectivity index (χ0v) is 26.3. The van der Waals surface area contributed by atoms with Crippen LogP contribution in [-0.4, -0.2) is 35.0 Å². The fraction of sp³-hybridized carbons (Fsp3) is 0.250. The van der Waals surface area contributed by atoms with Gasteiger partial charge in [-0.25, -0.2) is 0 Å². The molecule has 2 amide bonds. The Bertz CT molecular complexity index is 1600.